The van der Waals surface area contributed by atoms with Crippen molar-refractivity contribution in [2.75, 3.05) is 5.32 Å². The molecule has 0 amide bonds. The molecule has 1 atom stereocenters. The van der Waals surface area contributed by atoms with Crippen LogP contribution in [0.15, 0.2) is 12.3 Å². The highest BCUT2D eigenvalue weighted by atomic mass is 16.6. The minimum Gasteiger partial charge on any atom is -0.391 e. The SMILES string of the molecule is CC(O)C(C)(C)Nc1ncc(C#N)cc1[N+](=O)[O-]. The van der Waals surface area contributed by atoms with E-state index >= 15 is 0 Å². The number of nitro groups is 1. The molecule has 0 aliphatic carbocycles. The molecular weight excluding hydrogens is 236 g/mol. The van der Waals surface area contributed by atoms with Crippen LogP contribution in [0.3, 0.4) is 0 Å². The minimum atomic E-state index is -0.772. The normalized spacial score (nSPS) is 12.6. The molecule has 2 N–H and O–H groups in total. The second kappa shape index (κ2) is 4.98. The van der Waals surface area contributed by atoms with Gasteiger partial charge >= 0.3 is 5.69 Å². The van der Waals surface area contributed by atoms with Crippen LogP contribution in [-0.4, -0.2) is 26.7 Å². The molecule has 1 rings (SSSR count). The number of rotatable bonds is 4. The molecule has 0 spiro atoms. The maximum Gasteiger partial charge on any atom is 0.312 e. The lowest BCUT2D eigenvalue weighted by Gasteiger charge is -2.29. The van der Waals surface area contributed by atoms with Crippen molar-refractivity contribution in [3.63, 3.8) is 0 Å². The van der Waals surface area contributed by atoms with Gasteiger partial charge in [-0.2, -0.15) is 5.26 Å². The molecule has 1 aromatic heterocycles. The molecular formula is C11H14N4O3. The van der Waals surface area contributed by atoms with Crippen molar-refractivity contribution in [1.29, 1.82) is 5.26 Å². The molecule has 1 unspecified atom stereocenters. The quantitative estimate of drug-likeness (QED) is 0.617. The van der Waals surface area contributed by atoms with Crippen molar-refractivity contribution in [1.82, 2.24) is 4.98 Å². The van der Waals surface area contributed by atoms with Gasteiger partial charge < -0.3 is 10.4 Å². The van der Waals surface area contributed by atoms with Crippen molar-refractivity contribution in [2.45, 2.75) is 32.4 Å². The van der Waals surface area contributed by atoms with Crippen molar-refractivity contribution < 1.29 is 10.0 Å². The summed E-state index contributed by atoms with van der Waals surface area (Å²) in [5.74, 6) is 0.0323. The number of aliphatic hydroxyl groups excluding tert-OH is 1. The Bertz CT molecular complexity index is 506. The molecule has 1 aromatic rings. The van der Waals surface area contributed by atoms with E-state index in [9.17, 15) is 15.2 Å². The lowest BCUT2D eigenvalue weighted by atomic mass is 9.99. The van der Waals surface area contributed by atoms with Crippen LogP contribution in [0, 0.1) is 21.4 Å². The highest BCUT2D eigenvalue weighted by molar-refractivity contribution is 5.59. The first-order valence-electron chi connectivity index (χ1n) is 5.28. The van der Waals surface area contributed by atoms with E-state index in [-0.39, 0.29) is 17.1 Å². The first-order valence-corrected chi connectivity index (χ1v) is 5.28. The zero-order valence-corrected chi connectivity index (χ0v) is 10.3. The fourth-order valence-corrected chi connectivity index (χ4v) is 1.16. The van der Waals surface area contributed by atoms with E-state index in [2.05, 4.69) is 10.3 Å². The number of pyridine rings is 1. The van der Waals surface area contributed by atoms with E-state index in [0.29, 0.717) is 0 Å². The van der Waals surface area contributed by atoms with E-state index in [4.69, 9.17) is 5.26 Å². The third kappa shape index (κ3) is 2.93. The largest absolute Gasteiger partial charge is 0.391 e. The molecule has 0 radical (unpaired) electrons. The number of hydrogen-bond donors (Lipinski definition) is 2. The standard InChI is InChI=1S/C11H14N4O3/c1-7(16)11(2,3)14-10-9(15(17)18)4-8(5-12)6-13-10/h4,6-7,16H,1-3H3,(H,13,14). The summed E-state index contributed by atoms with van der Waals surface area (Å²) < 4.78 is 0. The van der Waals surface area contributed by atoms with Crippen molar-refractivity contribution in [3.8, 4) is 6.07 Å². The van der Waals surface area contributed by atoms with Crippen LogP contribution in [0.1, 0.15) is 26.3 Å². The third-order valence-corrected chi connectivity index (χ3v) is 2.68. The Morgan fingerprint density at radius 2 is 2.28 bits per heavy atom. The Labute approximate surface area is 104 Å². The monoisotopic (exact) mass is 250 g/mol. The molecule has 0 saturated heterocycles. The molecule has 7 nitrogen and oxygen atoms in total. The predicted octanol–water partition coefficient (Wildman–Crippen LogP) is 1.43. The van der Waals surface area contributed by atoms with Gasteiger partial charge in [-0.3, -0.25) is 10.1 Å². The summed E-state index contributed by atoms with van der Waals surface area (Å²) in [5, 5.41) is 31.9. The summed E-state index contributed by atoms with van der Waals surface area (Å²) in [7, 11) is 0. The van der Waals surface area contributed by atoms with Crippen molar-refractivity contribution in [2.24, 2.45) is 0 Å². The highest BCUT2D eigenvalue weighted by Gasteiger charge is 2.28. The number of nitrogens with one attached hydrogen (secondary N) is 1. The molecule has 96 valence electrons. The molecule has 1 heterocycles. The van der Waals surface area contributed by atoms with Crippen molar-refractivity contribution in [3.05, 3.63) is 27.9 Å². The van der Waals surface area contributed by atoms with Gasteiger partial charge in [-0.25, -0.2) is 4.98 Å². The fourth-order valence-electron chi connectivity index (χ4n) is 1.16. The smallest absolute Gasteiger partial charge is 0.312 e. The average molecular weight is 250 g/mol. The van der Waals surface area contributed by atoms with Gasteiger partial charge in [0.05, 0.1) is 22.1 Å². The molecule has 0 bridgehead atoms. The van der Waals surface area contributed by atoms with Crippen LogP contribution >= 0.6 is 0 Å². The minimum absolute atomic E-state index is 0.0323. The van der Waals surface area contributed by atoms with Crippen LogP contribution in [0.25, 0.3) is 0 Å². The molecule has 0 aromatic carbocycles. The summed E-state index contributed by atoms with van der Waals surface area (Å²) in [6.07, 6.45) is 0.516. The van der Waals surface area contributed by atoms with E-state index in [0.717, 1.165) is 6.07 Å². The average Bonchev–Trinajstić information content (AvgIpc) is 2.28. The topological polar surface area (TPSA) is 112 Å². The Hall–Kier alpha value is -2.20. The lowest BCUT2D eigenvalue weighted by molar-refractivity contribution is -0.384. The zero-order valence-electron chi connectivity index (χ0n) is 10.3. The van der Waals surface area contributed by atoms with E-state index in [1.54, 1.807) is 26.8 Å². The van der Waals surface area contributed by atoms with Gasteiger partial charge in [-0.1, -0.05) is 0 Å². The predicted molar refractivity (Wildman–Crippen MR) is 65.0 cm³/mol. The Balaban J connectivity index is 3.18. The Kier molecular flexibility index (Phi) is 3.83. The van der Waals surface area contributed by atoms with E-state index in [1.807, 2.05) is 0 Å². The zero-order chi connectivity index (χ0) is 13.9. The Morgan fingerprint density at radius 3 is 2.72 bits per heavy atom. The number of aliphatic hydroxyl groups is 1. The molecule has 0 saturated carbocycles. The van der Waals surface area contributed by atoms with Crippen molar-refractivity contribution >= 4 is 11.5 Å². The molecule has 0 aliphatic heterocycles. The summed E-state index contributed by atoms with van der Waals surface area (Å²) in [5.41, 5.74) is -0.948. The first kappa shape index (κ1) is 13.9. The molecule has 18 heavy (non-hydrogen) atoms. The second-order valence-corrected chi connectivity index (χ2v) is 4.48. The Morgan fingerprint density at radius 1 is 1.67 bits per heavy atom. The van der Waals surface area contributed by atoms with Gasteiger partial charge in [0.15, 0.2) is 0 Å². The lowest BCUT2D eigenvalue weighted by Crippen LogP contribution is -2.42. The first-order chi connectivity index (χ1) is 8.27. The van der Waals surface area contributed by atoms with Crippen LogP contribution in [0.4, 0.5) is 11.5 Å². The van der Waals surface area contributed by atoms with E-state index in [1.165, 1.54) is 6.20 Å². The van der Waals surface area contributed by atoms with Gasteiger partial charge in [0.25, 0.3) is 0 Å². The summed E-state index contributed by atoms with van der Waals surface area (Å²) >= 11 is 0. The third-order valence-electron chi connectivity index (χ3n) is 2.68. The highest BCUT2D eigenvalue weighted by Crippen LogP contribution is 2.26. The number of anilines is 1. The van der Waals surface area contributed by atoms with Crippen LogP contribution in [0.2, 0.25) is 0 Å². The van der Waals surface area contributed by atoms with Crippen LogP contribution < -0.4 is 5.32 Å². The maximum atomic E-state index is 10.9. The summed E-state index contributed by atoms with van der Waals surface area (Å²) in [6, 6.07) is 2.94. The van der Waals surface area contributed by atoms with E-state index < -0.39 is 16.6 Å². The molecule has 0 aliphatic rings. The number of hydrogen-bond acceptors (Lipinski definition) is 6. The van der Waals surface area contributed by atoms with Gasteiger partial charge in [-0.15, -0.1) is 0 Å². The summed E-state index contributed by atoms with van der Waals surface area (Å²) in [4.78, 5) is 14.1. The number of nitriles is 1. The number of aromatic nitrogens is 1. The number of nitrogens with zero attached hydrogens (tertiary/aromatic N) is 3. The van der Waals surface area contributed by atoms with Gasteiger partial charge in [0.2, 0.25) is 5.82 Å². The van der Waals surface area contributed by atoms with Gasteiger partial charge in [-0.05, 0) is 20.8 Å². The summed E-state index contributed by atoms with van der Waals surface area (Å²) in [6.45, 7) is 4.96. The van der Waals surface area contributed by atoms with Gasteiger partial charge in [0.1, 0.15) is 6.07 Å². The second-order valence-electron chi connectivity index (χ2n) is 4.48. The fraction of sp³-hybridized carbons (Fsp3) is 0.455. The molecule has 7 heteroatoms. The van der Waals surface area contributed by atoms with Gasteiger partial charge in [0, 0.05) is 12.3 Å². The molecule has 0 fully saturated rings. The maximum absolute atomic E-state index is 10.9. The van der Waals surface area contributed by atoms with Crippen LogP contribution in [-0.2, 0) is 0 Å². The van der Waals surface area contributed by atoms with Crippen LogP contribution in [0.5, 0.6) is 0 Å².